The van der Waals surface area contributed by atoms with Crippen LogP contribution >= 0.6 is 46.4 Å². The van der Waals surface area contributed by atoms with E-state index in [-0.39, 0.29) is 16.1 Å². The van der Waals surface area contributed by atoms with E-state index in [1.807, 2.05) is 6.92 Å². The van der Waals surface area contributed by atoms with Crippen molar-refractivity contribution in [1.29, 1.82) is 0 Å². The first kappa shape index (κ1) is 11.2. The van der Waals surface area contributed by atoms with Crippen LogP contribution in [0.2, 0.25) is 0 Å². The predicted octanol–water partition coefficient (Wildman–Crippen LogP) is 3.46. The molecule has 0 nitrogen and oxygen atoms in total. The van der Waals surface area contributed by atoms with Gasteiger partial charge in [-0.05, 0) is 6.42 Å². The monoisotopic (exact) mass is 222 g/mol. The summed E-state index contributed by atoms with van der Waals surface area (Å²) in [6.45, 7) is 1.96. The van der Waals surface area contributed by atoms with Gasteiger partial charge in [-0.15, -0.1) is 46.4 Å². The lowest BCUT2D eigenvalue weighted by Gasteiger charge is -2.17. The Labute approximate surface area is 81.8 Å². The Morgan fingerprint density at radius 1 is 1.10 bits per heavy atom. The molecule has 0 radical (unpaired) electrons. The van der Waals surface area contributed by atoms with Crippen molar-refractivity contribution in [3.05, 3.63) is 0 Å². The van der Waals surface area contributed by atoms with Crippen LogP contribution in [0.3, 0.4) is 0 Å². The topological polar surface area (TPSA) is 0 Å². The smallest absolute Gasteiger partial charge is 0.0674 e. The summed E-state index contributed by atoms with van der Waals surface area (Å²) >= 11 is 22.9. The molecule has 0 heterocycles. The predicted molar refractivity (Wildman–Crippen MR) is 49.9 cm³/mol. The standard InChI is InChI=1S/C6H10Cl4/c1-2-4(8)6(10)5(9)3-7/h4-6H,2-3H2,1H3. The van der Waals surface area contributed by atoms with E-state index in [1.54, 1.807) is 0 Å². The zero-order chi connectivity index (χ0) is 8.15. The lowest BCUT2D eigenvalue weighted by Crippen LogP contribution is -2.26. The van der Waals surface area contributed by atoms with Crippen LogP contribution in [-0.2, 0) is 0 Å². The summed E-state index contributed by atoms with van der Waals surface area (Å²) in [4.78, 5) is 0. The SMILES string of the molecule is CCC(Cl)C(Cl)C(Cl)CCl. The Hall–Kier alpha value is 1.16. The lowest BCUT2D eigenvalue weighted by molar-refractivity contribution is 0.728. The fraction of sp³-hybridized carbons (Fsp3) is 1.00. The summed E-state index contributed by atoms with van der Waals surface area (Å²) in [5.41, 5.74) is 0. The minimum Gasteiger partial charge on any atom is -0.125 e. The second kappa shape index (κ2) is 5.77. The molecule has 0 aliphatic rings. The first-order valence-electron chi connectivity index (χ1n) is 3.11. The molecule has 10 heavy (non-hydrogen) atoms. The van der Waals surface area contributed by atoms with E-state index in [9.17, 15) is 0 Å². The highest BCUT2D eigenvalue weighted by atomic mass is 35.5. The van der Waals surface area contributed by atoms with Crippen molar-refractivity contribution in [2.24, 2.45) is 0 Å². The molecule has 0 saturated heterocycles. The van der Waals surface area contributed by atoms with Gasteiger partial charge in [0, 0.05) is 5.88 Å². The first-order chi connectivity index (χ1) is 4.63. The van der Waals surface area contributed by atoms with Crippen LogP contribution in [0, 0.1) is 0 Å². The number of halogens is 4. The van der Waals surface area contributed by atoms with Crippen LogP contribution in [0.25, 0.3) is 0 Å². The van der Waals surface area contributed by atoms with Gasteiger partial charge in [-0.1, -0.05) is 6.92 Å². The number of alkyl halides is 4. The second-order valence-electron chi connectivity index (χ2n) is 2.04. The van der Waals surface area contributed by atoms with Crippen LogP contribution in [0.1, 0.15) is 13.3 Å². The van der Waals surface area contributed by atoms with Crippen LogP contribution in [-0.4, -0.2) is 22.0 Å². The highest BCUT2D eigenvalue weighted by molar-refractivity contribution is 6.37. The summed E-state index contributed by atoms with van der Waals surface area (Å²) in [6, 6.07) is 0. The van der Waals surface area contributed by atoms with Crippen LogP contribution in [0.5, 0.6) is 0 Å². The molecule has 0 aliphatic heterocycles. The summed E-state index contributed by atoms with van der Waals surface area (Å²) in [5, 5.41) is -0.542. The molecule has 0 amide bonds. The van der Waals surface area contributed by atoms with E-state index in [4.69, 9.17) is 46.4 Å². The molecule has 0 fully saturated rings. The first-order valence-corrected chi connectivity index (χ1v) is 4.96. The summed E-state index contributed by atoms with van der Waals surface area (Å²) in [6.07, 6.45) is 0.815. The number of rotatable bonds is 4. The Kier molecular flexibility index (Phi) is 6.43. The van der Waals surface area contributed by atoms with Crippen molar-refractivity contribution in [2.45, 2.75) is 29.5 Å². The van der Waals surface area contributed by atoms with Gasteiger partial charge < -0.3 is 0 Å². The molecule has 3 atom stereocenters. The van der Waals surface area contributed by atoms with Crippen molar-refractivity contribution in [1.82, 2.24) is 0 Å². The Morgan fingerprint density at radius 2 is 1.60 bits per heavy atom. The minimum absolute atomic E-state index is 0.0806. The third-order valence-corrected chi connectivity index (χ3v) is 3.59. The summed E-state index contributed by atoms with van der Waals surface area (Å²) in [5.74, 6) is 0.346. The van der Waals surface area contributed by atoms with Crippen molar-refractivity contribution < 1.29 is 0 Å². The molecule has 62 valence electrons. The molecule has 3 unspecified atom stereocenters. The molecule has 0 aromatic heterocycles. The van der Waals surface area contributed by atoms with Crippen molar-refractivity contribution >= 4 is 46.4 Å². The molecule has 4 heteroatoms. The van der Waals surface area contributed by atoms with E-state index in [0.717, 1.165) is 6.42 Å². The molecule has 0 spiro atoms. The average molecular weight is 224 g/mol. The molecule has 0 rings (SSSR count). The molecule has 0 saturated carbocycles. The average Bonchev–Trinajstić information content (AvgIpc) is 2.00. The Bertz CT molecular complexity index is 75.8. The maximum atomic E-state index is 5.83. The highest BCUT2D eigenvalue weighted by Gasteiger charge is 2.22. The Balaban J connectivity index is 3.69. The van der Waals surface area contributed by atoms with Gasteiger partial charge in [0.25, 0.3) is 0 Å². The van der Waals surface area contributed by atoms with E-state index in [0.29, 0.717) is 5.88 Å². The van der Waals surface area contributed by atoms with Gasteiger partial charge in [0.05, 0.1) is 16.1 Å². The van der Waals surface area contributed by atoms with Crippen molar-refractivity contribution in [2.75, 3.05) is 5.88 Å². The van der Waals surface area contributed by atoms with Gasteiger partial charge in [-0.25, -0.2) is 0 Å². The van der Waals surface area contributed by atoms with Gasteiger partial charge in [0.15, 0.2) is 0 Å². The summed E-state index contributed by atoms with van der Waals surface area (Å²) in [7, 11) is 0. The van der Waals surface area contributed by atoms with E-state index < -0.39 is 0 Å². The van der Waals surface area contributed by atoms with Crippen LogP contribution in [0.4, 0.5) is 0 Å². The van der Waals surface area contributed by atoms with E-state index in [2.05, 4.69) is 0 Å². The lowest BCUT2D eigenvalue weighted by atomic mass is 10.2. The largest absolute Gasteiger partial charge is 0.125 e. The molecular weight excluding hydrogens is 214 g/mol. The fourth-order valence-corrected chi connectivity index (χ4v) is 1.51. The van der Waals surface area contributed by atoms with Gasteiger partial charge in [0.1, 0.15) is 0 Å². The molecule has 0 aromatic carbocycles. The molecule has 0 bridgehead atoms. The fourth-order valence-electron chi connectivity index (χ4n) is 0.537. The minimum atomic E-state index is -0.231. The van der Waals surface area contributed by atoms with Gasteiger partial charge in [0.2, 0.25) is 0 Å². The third-order valence-electron chi connectivity index (χ3n) is 1.23. The molecule has 0 N–H and O–H groups in total. The zero-order valence-corrected chi connectivity index (χ0v) is 8.68. The Morgan fingerprint density at radius 3 is 1.90 bits per heavy atom. The van der Waals surface area contributed by atoms with Crippen LogP contribution in [0.15, 0.2) is 0 Å². The molecule has 0 aromatic rings. The van der Waals surface area contributed by atoms with Crippen LogP contribution < -0.4 is 0 Å². The maximum absolute atomic E-state index is 5.83. The maximum Gasteiger partial charge on any atom is 0.0674 e. The third kappa shape index (κ3) is 3.52. The van der Waals surface area contributed by atoms with Gasteiger partial charge >= 0.3 is 0 Å². The molecular formula is C6H10Cl4. The van der Waals surface area contributed by atoms with Crippen molar-refractivity contribution in [3.63, 3.8) is 0 Å². The van der Waals surface area contributed by atoms with Gasteiger partial charge in [-0.2, -0.15) is 0 Å². The van der Waals surface area contributed by atoms with Gasteiger partial charge in [-0.3, -0.25) is 0 Å². The quantitative estimate of drug-likeness (QED) is 0.641. The van der Waals surface area contributed by atoms with E-state index >= 15 is 0 Å². The number of hydrogen-bond donors (Lipinski definition) is 0. The molecule has 0 aliphatic carbocycles. The second-order valence-corrected chi connectivity index (χ2v) is 3.97. The number of hydrogen-bond acceptors (Lipinski definition) is 0. The summed E-state index contributed by atoms with van der Waals surface area (Å²) < 4.78 is 0. The van der Waals surface area contributed by atoms with Crippen molar-refractivity contribution in [3.8, 4) is 0 Å². The van der Waals surface area contributed by atoms with E-state index in [1.165, 1.54) is 0 Å². The normalized spacial score (nSPS) is 20.1. The highest BCUT2D eigenvalue weighted by Crippen LogP contribution is 2.21. The zero-order valence-electron chi connectivity index (χ0n) is 5.66.